The quantitative estimate of drug-likeness (QED) is 0.624. The lowest BCUT2D eigenvalue weighted by Gasteiger charge is -2.27. The summed E-state index contributed by atoms with van der Waals surface area (Å²) in [7, 11) is 1.52. The zero-order valence-corrected chi connectivity index (χ0v) is 19.2. The largest absolute Gasteiger partial charge is 0.493 e. The maximum absolute atomic E-state index is 13.3. The molecule has 2 saturated heterocycles. The van der Waals surface area contributed by atoms with E-state index in [1.54, 1.807) is 12.1 Å². The molecule has 7 nitrogen and oxygen atoms in total. The fraction of sp³-hybridized carbons (Fsp3) is 0.435. The molecule has 2 N–H and O–H groups in total. The van der Waals surface area contributed by atoms with E-state index in [1.165, 1.54) is 19.2 Å². The molecule has 0 spiro atoms. The molecule has 3 aliphatic heterocycles. The number of nitrogens with one attached hydrogen (secondary N) is 2. The summed E-state index contributed by atoms with van der Waals surface area (Å²) < 4.78 is 63.2. The number of rotatable bonds is 4. The Balaban J connectivity index is 1.44. The lowest BCUT2D eigenvalue weighted by molar-refractivity contribution is -0.137. The number of alkyl halides is 3. The summed E-state index contributed by atoms with van der Waals surface area (Å²) in [6.07, 6.45) is -4.41. The molecule has 0 aromatic heterocycles. The minimum Gasteiger partial charge on any atom is -0.493 e. The zero-order chi connectivity index (χ0) is 24.0. The number of ether oxygens (including phenoxy) is 4. The van der Waals surface area contributed by atoms with Crippen molar-refractivity contribution in [2.75, 3.05) is 31.0 Å². The number of benzene rings is 2. The molecular formula is C23H23ClF3N3O4. The molecule has 2 aromatic rings. The van der Waals surface area contributed by atoms with Gasteiger partial charge < -0.3 is 29.6 Å². The molecule has 3 unspecified atom stereocenters. The van der Waals surface area contributed by atoms with Crippen LogP contribution < -0.4 is 20.1 Å². The highest BCUT2D eigenvalue weighted by Gasteiger charge is 2.43. The second-order valence-corrected chi connectivity index (χ2v) is 8.72. The number of amidine groups is 1. The van der Waals surface area contributed by atoms with Gasteiger partial charge in [-0.05, 0) is 37.6 Å². The van der Waals surface area contributed by atoms with E-state index in [-0.39, 0.29) is 35.2 Å². The molecule has 0 radical (unpaired) electrons. The average molecular weight is 498 g/mol. The summed E-state index contributed by atoms with van der Waals surface area (Å²) in [6, 6.07) is 7.17. The van der Waals surface area contributed by atoms with Crippen molar-refractivity contribution in [1.29, 1.82) is 0 Å². The molecular weight excluding hydrogens is 475 g/mol. The molecule has 0 aliphatic carbocycles. The van der Waals surface area contributed by atoms with Gasteiger partial charge in [-0.2, -0.15) is 13.2 Å². The molecule has 11 heteroatoms. The zero-order valence-electron chi connectivity index (χ0n) is 18.4. The summed E-state index contributed by atoms with van der Waals surface area (Å²) in [5.41, 5.74) is 0.619. The molecule has 3 aliphatic rings. The maximum atomic E-state index is 13.3. The van der Waals surface area contributed by atoms with Crippen molar-refractivity contribution in [3.63, 3.8) is 0 Å². The number of nitrogens with zero attached hydrogens (tertiary/aromatic N) is 1. The highest BCUT2D eigenvalue weighted by molar-refractivity contribution is 6.31. The SMILES string of the molecule is COc1cc2c(cc1O[C@@H]1COC3CCOC31)NC(C)N=C2Nc1ccc(Cl)c(C(F)(F)F)c1. The van der Waals surface area contributed by atoms with Gasteiger partial charge in [-0.25, -0.2) is 4.99 Å². The standard InChI is InChI=1S/C23H23ClF3N3O4/c1-11-28-16-9-19(34-20-10-33-17-5-6-32-21(17)20)18(31-2)8-13(16)22(29-11)30-12-3-4-15(24)14(7-12)23(25,26)27/h3-4,7-9,11,17,20-21,28H,5-6,10H2,1-2H3,(H,29,30)/t11?,17?,20-,21?/m1/s1. The van der Waals surface area contributed by atoms with Crippen LogP contribution in [0.1, 0.15) is 24.5 Å². The third-order valence-corrected chi connectivity index (χ3v) is 6.31. The Kier molecular flexibility index (Phi) is 5.99. The minimum absolute atomic E-state index is 0.0377. The van der Waals surface area contributed by atoms with E-state index < -0.39 is 11.7 Å². The smallest absolute Gasteiger partial charge is 0.417 e. The average Bonchev–Trinajstić information content (AvgIpc) is 3.39. The Bertz CT molecular complexity index is 1130. The van der Waals surface area contributed by atoms with Crippen LogP contribution in [0.2, 0.25) is 5.02 Å². The van der Waals surface area contributed by atoms with Crippen LogP contribution in [0.5, 0.6) is 11.5 Å². The molecule has 0 saturated carbocycles. The Morgan fingerprint density at radius 2 is 2.00 bits per heavy atom. The van der Waals surface area contributed by atoms with Gasteiger partial charge in [-0.3, -0.25) is 0 Å². The fourth-order valence-electron chi connectivity index (χ4n) is 4.40. The van der Waals surface area contributed by atoms with Crippen molar-refractivity contribution in [2.45, 2.75) is 44.0 Å². The number of anilines is 2. The first-order chi connectivity index (χ1) is 16.2. The van der Waals surface area contributed by atoms with Crippen molar-refractivity contribution in [3.05, 3.63) is 46.5 Å². The van der Waals surface area contributed by atoms with Crippen molar-refractivity contribution in [2.24, 2.45) is 4.99 Å². The number of fused-ring (bicyclic) bond motifs is 2. The van der Waals surface area contributed by atoms with Gasteiger partial charge in [0, 0.05) is 23.9 Å². The second-order valence-electron chi connectivity index (χ2n) is 8.32. The Labute approximate surface area is 199 Å². The van der Waals surface area contributed by atoms with E-state index in [9.17, 15) is 13.2 Å². The number of hydrogen-bond donors (Lipinski definition) is 2. The predicted molar refractivity (Wildman–Crippen MR) is 121 cm³/mol. The lowest BCUT2D eigenvalue weighted by Crippen LogP contribution is -2.33. The summed E-state index contributed by atoms with van der Waals surface area (Å²) >= 11 is 5.75. The fourth-order valence-corrected chi connectivity index (χ4v) is 4.62. The van der Waals surface area contributed by atoms with Crippen molar-refractivity contribution < 1.29 is 32.1 Å². The van der Waals surface area contributed by atoms with Gasteiger partial charge in [0.05, 0.1) is 36.1 Å². The monoisotopic (exact) mass is 497 g/mol. The number of hydrogen-bond acceptors (Lipinski definition) is 7. The van der Waals surface area contributed by atoms with Crippen molar-refractivity contribution in [3.8, 4) is 11.5 Å². The Hall–Kier alpha value is -2.69. The van der Waals surface area contributed by atoms with E-state index >= 15 is 0 Å². The van der Waals surface area contributed by atoms with Crippen LogP contribution in [0.25, 0.3) is 0 Å². The normalized spacial score (nSPS) is 25.8. The number of halogens is 4. The molecule has 3 heterocycles. The molecule has 0 amide bonds. The van der Waals surface area contributed by atoms with E-state index in [0.29, 0.717) is 41.8 Å². The second kappa shape index (κ2) is 8.83. The third kappa shape index (κ3) is 4.37. The van der Waals surface area contributed by atoms with Crippen LogP contribution in [-0.2, 0) is 15.7 Å². The Morgan fingerprint density at radius 1 is 1.18 bits per heavy atom. The summed E-state index contributed by atoms with van der Waals surface area (Å²) in [5.74, 6) is 1.36. The van der Waals surface area contributed by atoms with Crippen molar-refractivity contribution in [1.82, 2.24) is 0 Å². The molecule has 2 fully saturated rings. The van der Waals surface area contributed by atoms with E-state index in [0.717, 1.165) is 12.5 Å². The van der Waals surface area contributed by atoms with Gasteiger partial charge in [-0.15, -0.1) is 0 Å². The van der Waals surface area contributed by atoms with E-state index in [2.05, 4.69) is 15.6 Å². The van der Waals surface area contributed by atoms with Gasteiger partial charge >= 0.3 is 6.18 Å². The first kappa shape index (κ1) is 23.1. The molecule has 2 aromatic carbocycles. The topological polar surface area (TPSA) is 73.3 Å². The Morgan fingerprint density at radius 3 is 2.76 bits per heavy atom. The van der Waals surface area contributed by atoms with Gasteiger partial charge in [0.15, 0.2) is 17.6 Å². The van der Waals surface area contributed by atoms with Crippen LogP contribution in [0.15, 0.2) is 35.3 Å². The molecule has 34 heavy (non-hydrogen) atoms. The minimum atomic E-state index is -4.57. The van der Waals surface area contributed by atoms with Gasteiger partial charge in [0.2, 0.25) is 0 Å². The van der Waals surface area contributed by atoms with Gasteiger partial charge in [0.25, 0.3) is 0 Å². The first-order valence-electron chi connectivity index (χ1n) is 10.8. The summed E-state index contributed by atoms with van der Waals surface area (Å²) in [6.45, 7) is 2.90. The van der Waals surface area contributed by atoms with E-state index in [4.69, 9.17) is 30.5 Å². The molecule has 0 bridgehead atoms. The maximum Gasteiger partial charge on any atom is 0.417 e. The van der Waals surface area contributed by atoms with Gasteiger partial charge in [0.1, 0.15) is 18.1 Å². The lowest BCUT2D eigenvalue weighted by atomic mass is 10.1. The molecule has 182 valence electrons. The van der Waals surface area contributed by atoms with Crippen LogP contribution in [0.4, 0.5) is 24.5 Å². The van der Waals surface area contributed by atoms with Crippen LogP contribution >= 0.6 is 11.6 Å². The predicted octanol–water partition coefficient (Wildman–Crippen LogP) is 4.93. The van der Waals surface area contributed by atoms with Gasteiger partial charge in [-0.1, -0.05) is 11.6 Å². The molecule has 4 atom stereocenters. The third-order valence-electron chi connectivity index (χ3n) is 5.98. The number of aliphatic imine (C=N–C) groups is 1. The number of methoxy groups -OCH3 is 1. The summed E-state index contributed by atoms with van der Waals surface area (Å²) in [4.78, 5) is 4.53. The van der Waals surface area contributed by atoms with E-state index in [1.807, 2.05) is 6.92 Å². The molecule has 5 rings (SSSR count). The highest BCUT2D eigenvalue weighted by atomic mass is 35.5. The van der Waals surface area contributed by atoms with Crippen LogP contribution in [0, 0.1) is 0 Å². The summed E-state index contributed by atoms with van der Waals surface area (Å²) in [5, 5.41) is 5.88. The van der Waals surface area contributed by atoms with Crippen molar-refractivity contribution >= 4 is 28.8 Å². The van der Waals surface area contributed by atoms with Crippen LogP contribution in [-0.4, -0.2) is 50.6 Å². The highest BCUT2D eigenvalue weighted by Crippen LogP contribution is 2.40. The van der Waals surface area contributed by atoms with Crippen LogP contribution in [0.3, 0.4) is 0 Å². The first-order valence-corrected chi connectivity index (χ1v) is 11.2.